The number of rotatable bonds is 2. The molecule has 0 bridgehead atoms. The van der Waals surface area contributed by atoms with Crippen LogP contribution in [0.5, 0.6) is 0 Å². The summed E-state index contributed by atoms with van der Waals surface area (Å²) in [5.74, 6) is -1.02. The summed E-state index contributed by atoms with van der Waals surface area (Å²) in [7, 11) is 0. The number of carboxylic acids is 1. The fourth-order valence-electron chi connectivity index (χ4n) is 2.41. The minimum absolute atomic E-state index is 0.565. The highest BCUT2D eigenvalue weighted by molar-refractivity contribution is 7.22. The van der Waals surface area contributed by atoms with Crippen molar-refractivity contribution in [1.82, 2.24) is 4.98 Å². The Balaban J connectivity index is 1.99. The van der Waals surface area contributed by atoms with Gasteiger partial charge in [-0.2, -0.15) is 0 Å². The number of aliphatic carboxylic acids is 1. The molecule has 1 aromatic heterocycles. The summed E-state index contributed by atoms with van der Waals surface area (Å²) in [6, 6.07) is 4.94. The maximum absolute atomic E-state index is 11.2. The standard InChI is InChI=1S/C13H13ClN2O2S/c14-8-4-5-9-11(7-8)19-13(15-9)16-6-2-1-3-10(16)12(17)18/h4-5,7,10H,1-3,6H2,(H,17,18)/p-1. The van der Waals surface area contributed by atoms with Gasteiger partial charge in [-0.1, -0.05) is 22.9 Å². The van der Waals surface area contributed by atoms with Gasteiger partial charge in [-0.3, -0.25) is 0 Å². The highest BCUT2D eigenvalue weighted by atomic mass is 35.5. The fourth-order valence-corrected chi connectivity index (χ4v) is 3.73. The third kappa shape index (κ3) is 2.40. The number of aromatic nitrogens is 1. The van der Waals surface area contributed by atoms with Gasteiger partial charge in [0.15, 0.2) is 5.13 Å². The number of hydrogen-bond donors (Lipinski definition) is 0. The lowest BCUT2D eigenvalue weighted by atomic mass is 10.0. The molecule has 0 saturated carbocycles. The summed E-state index contributed by atoms with van der Waals surface area (Å²) in [6.45, 7) is 0.714. The first-order valence-corrected chi connectivity index (χ1v) is 7.38. The maximum atomic E-state index is 11.2. The van der Waals surface area contributed by atoms with Crippen LogP contribution in [0.4, 0.5) is 5.13 Å². The van der Waals surface area contributed by atoms with Gasteiger partial charge in [0.05, 0.1) is 22.2 Å². The van der Waals surface area contributed by atoms with Crippen LogP contribution in [0.25, 0.3) is 10.2 Å². The van der Waals surface area contributed by atoms with Crippen molar-refractivity contribution in [2.24, 2.45) is 0 Å². The van der Waals surface area contributed by atoms with Crippen molar-refractivity contribution in [1.29, 1.82) is 0 Å². The molecule has 19 heavy (non-hydrogen) atoms. The first-order chi connectivity index (χ1) is 9.15. The van der Waals surface area contributed by atoms with Crippen molar-refractivity contribution in [2.45, 2.75) is 25.3 Å². The van der Waals surface area contributed by atoms with Crippen LogP contribution >= 0.6 is 22.9 Å². The van der Waals surface area contributed by atoms with E-state index >= 15 is 0 Å². The van der Waals surface area contributed by atoms with E-state index in [1.54, 1.807) is 6.07 Å². The van der Waals surface area contributed by atoms with E-state index in [1.807, 2.05) is 17.0 Å². The van der Waals surface area contributed by atoms with Crippen LogP contribution in [-0.4, -0.2) is 23.5 Å². The van der Waals surface area contributed by atoms with Crippen LogP contribution in [0.1, 0.15) is 19.3 Å². The molecule has 1 atom stereocenters. The molecule has 0 spiro atoms. The van der Waals surface area contributed by atoms with E-state index in [-0.39, 0.29) is 0 Å². The summed E-state index contributed by atoms with van der Waals surface area (Å²) in [5.41, 5.74) is 0.854. The van der Waals surface area contributed by atoms with Crippen LogP contribution in [0, 0.1) is 0 Å². The number of carboxylic acid groups (broad SMARTS) is 1. The third-order valence-corrected chi connectivity index (χ3v) is 4.65. The molecule has 1 saturated heterocycles. The lowest BCUT2D eigenvalue weighted by molar-refractivity contribution is -0.307. The van der Waals surface area contributed by atoms with Crippen LogP contribution < -0.4 is 10.0 Å². The number of anilines is 1. The number of thiazole rings is 1. The number of benzene rings is 1. The molecule has 0 aliphatic carbocycles. The summed E-state index contributed by atoms with van der Waals surface area (Å²) in [5, 5.41) is 12.6. The highest BCUT2D eigenvalue weighted by Crippen LogP contribution is 2.33. The first-order valence-electron chi connectivity index (χ1n) is 6.19. The molecule has 0 amide bonds. The molecular weight excluding hydrogens is 284 g/mol. The first kappa shape index (κ1) is 12.7. The molecule has 1 aromatic carbocycles. The molecule has 1 aliphatic heterocycles. The zero-order valence-corrected chi connectivity index (χ0v) is 11.7. The van der Waals surface area contributed by atoms with E-state index in [0.29, 0.717) is 18.0 Å². The van der Waals surface area contributed by atoms with Crippen molar-refractivity contribution in [3.8, 4) is 0 Å². The van der Waals surface area contributed by atoms with Crippen molar-refractivity contribution < 1.29 is 9.90 Å². The van der Waals surface area contributed by atoms with E-state index in [1.165, 1.54) is 11.3 Å². The second-order valence-electron chi connectivity index (χ2n) is 4.63. The van der Waals surface area contributed by atoms with Crippen molar-refractivity contribution in [3.05, 3.63) is 23.2 Å². The SMILES string of the molecule is O=C([O-])C1CCCCN1c1nc2ccc(Cl)cc2s1. The number of carbonyl (C=O) groups is 1. The Kier molecular flexibility index (Phi) is 3.33. The zero-order chi connectivity index (χ0) is 13.4. The number of halogens is 1. The van der Waals surface area contributed by atoms with E-state index in [4.69, 9.17) is 11.6 Å². The van der Waals surface area contributed by atoms with Crippen molar-refractivity contribution in [2.75, 3.05) is 11.4 Å². The van der Waals surface area contributed by atoms with Gasteiger partial charge in [-0.25, -0.2) is 4.98 Å². The Bertz CT molecular complexity index is 628. The molecule has 0 N–H and O–H groups in total. The van der Waals surface area contributed by atoms with Gasteiger partial charge in [-0.05, 0) is 37.5 Å². The lowest BCUT2D eigenvalue weighted by Crippen LogP contribution is -2.50. The Morgan fingerprint density at radius 1 is 1.47 bits per heavy atom. The van der Waals surface area contributed by atoms with Crippen LogP contribution in [0.15, 0.2) is 18.2 Å². The summed E-state index contributed by atoms with van der Waals surface area (Å²) < 4.78 is 0.977. The van der Waals surface area contributed by atoms with Crippen LogP contribution in [0.3, 0.4) is 0 Å². The molecule has 2 aromatic rings. The lowest BCUT2D eigenvalue weighted by Gasteiger charge is -2.35. The van der Waals surface area contributed by atoms with Gasteiger partial charge in [-0.15, -0.1) is 0 Å². The van der Waals surface area contributed by atoms with E-state index in [0.717, 1.165) is 28.2 Å². The number of carbonyl (C=O) groups excluding carboxylic acids is 1. The Hall–Kier alpha value is -1.33. The molecule has 0 radical (unpaired) electrons. The van der Waals surface area contributed by atoms with Gasteiger partial charge in [0, 0.05) is 11.6 Å². The number of hydrogen-bond acceptors (Lipinski definition) is 5. The molecule has 3 rings (SSSR count). The van der Waals surface area contributed by atoms with Gasteiger partial charge < -0.3 is 14.8 Å². The molecule has 1 unspecified atom stereocenters. The minimum Gasteiger partial charge on any atom is -0.548 e. The maximum Gasteiger partial charge on any atom is 0.186 e. The Morgan fingerprint density at radius 2 is 2.32 bits per heavy atom. The van der Waals surface area contributed by atoms with Crippen molar-refractivity contribution in [3.63, 3.8) is 0 Å². The number of nitrogens with zero attached hydrogens (tertiary/aromatic N) is 2. The topological polar surface area (TPSA) is 56.3 Å². The molecule has 100 valence electrons. The van der Waals surface area contributed by atoms with Gasteiger partial charge in [0.1, 0.15) is 0 Å². The number of fused-ring (bicyclic) bond motifs is 1. The number of piperidine rings is 1. The monoisotopic (exact) mass is 295 g/mol. The predicted octanol–water partition coefficient (Wildman–Crippen LogP) is 2.06. The highest BCUT2D eigenvalue weighted by Gasteiger charge is 2.25. The van der Waals surface area contributed by atoms with Crippen LogP contribution in [0.2, 0.25) is 5.02 Å². The summed E-state index contributed by atoms with van der Waals surface area (Å²) in [6.07, 6.45) is 2.53. The second-order valence-corrected chi connectivity index (χ2v) is 6.08. The predicted molar refractivity (Wildman–Crippen MR) is 74.6 cm³/mol. The average molecular weight is 296 g/mol. The van der Waals surface area contributed by atoms with Gasteiger partial charge in [0.2, 0.25) is 0 Å². The molecular formula is C13H12ClN2O2S-. The molecule has 4 nitrogen and oxygen atoms in total. The summed E-state index contributed by atoms with van der Waals surface area (Å²) in [4.78, 5) is 17.6. The largest absolute Gasteiger partial charge is 0.548 e. The molecule has 1 aliphatic rings. The zero-order valence-electron chi connectivity index (χ0n) is 10.1. The third-order valence-electron chi connectivity index (χ3n) is 3.36. The summed E-state index contributed by atoms with van der Waals surface area (Å²) >= 11 is 7.43. The Labute approximate surface area is 119 Å². The minimum atomic E-state index is -1.02. The van der Waals surface area contributed by atoms with Crippen molar-refractivity contribution >= 4 is 44.3 Å². The van der Waals surface area contributed by atoms with E-state index in [2.05, 4.69) is 4.98 Å². The Morgan fingerprint density at radius 3 is 3.11 bits per heavy atom. The van der Waals surface area contributed by atoms with Crippen LogP contribution in [-0.2, 0) is 4.79 Å². The quantitative estimate of drug-likeness (QED) is 0.851. The smallest absolute Gasteiger partial charge is 0.186 e. The normalized spacial score (nSPS) is 19.8. The van der Waals surface area contributed by atoms with Gasteiger partial charge in [0.25, 0.3) is 0 Å². The second kappa shape index (κ2) is 4.98. The van der Waals surface area contributed by atoms with Gasteiger partial charge >= 0.3 is 0 Å². The van der Waals surface area contributed by atoms with E-state index in [9.17, 15) is 9.90 Å². The molecule has 2 heterocycles. The fraction of sp³-hybridized carbons (Fsp3) is 0.385. The molecule has 6 heteroatoms. The average Bonchev–Trinajstić information content (AvgIpc) is 2.81. The van der Waals surface area contributed by atoms with E-state index < -0.39 is 12.0 Å². The molecule has 1 fully saturated rings.